The second-order valence-electron chi connectivity index (χ2n) is 5.45. The maximum Gasteiger partial charge on any atom is 0.307 e. The highest BCUT2D eigenvalue weighted by molar-refractivity contribution is 5.90. The maximum absolute atomic E-state index is 11.8. The third-order valence-corrected chi connectivity index (χ3v) is 3.94. The Morgan fingerprint density at radius 1 is 0.900 bits per heavy atom. The molecular weight excluding hydrogens is 260 g/mol. The van der Waals surface area contributed by atoms with Crippen molar-refractivity contribution < 1.29 is 24.3 Å². The first-order chi connectivity index (χ1) is 9.13. The van der Waals surface area contributed by atoms with Crippen LogP contribution in [0.1, 0.15) is 47.5 Å². The predicted molar refractivity (Wildman–Crippen MR) is 74.2 cm³/mol. The summed E-state index contributed by atoms with van der Waals surface area (Å²) in [5.74, 6) is -4.71. The van der Waals surface area contributed by atoms with Gasteiger partial charge in [-0.1, -0.05) is 13.8 Å². The van der Waals surface area contributed by atoms with E-state index >= 15 is 0 Å². The van der Waals surface area contributed by atoms with Crippen LogP contribution in [-0.2, 0) is 19.2 Å². The van der Waals surface area contributed by atoms with E-state index in [4.69, 9.17) is 0 Å². The first-order valence-corrected chi connectivity index (χ1v) is 6.87. The van der Waals surface area contributed by atoms with Crippen LogP contribution in [0.15, 0.2) is 0 Å². The number of carbonyl (C=O) groups excluding carboxylic acids is 3. The van der Waals surface area contributed by atoms with Crippen LogP contribution in [0.4, 0.5) is 0 Å². The van der Waals surface area contributed by atoms with Crippen LogP contribution in [-0.4, -0.2) is 28.4 Å². The molecule has 1 N–H and O–H groups in total. The average Bonchev–Trinajstić information content (AvgIpc) is 2.31. The standard InChI is InChI=1S/C15H24O5/c1-6-12(10(4)17)14(15(19)20)13(11(5)18)7-8(2)9(3)16/h8,12-14H,6-7H2,1-5H3,(H,19,20). The summed E-state index contributed by atoms with van der Waals surface area (Å²) in [6.07, 6.45) is 0.538. The van der Waals surface area contributed by atoms with Gasteiger partial charge in [-0.15, -0.1) is 0 Å². The summed E-state index contributed by atoms with van der Waals surface area (Å²) < 4.78 is 0. The Labute approximate surface area is 119 Å². The van der Waals surface area contributed by atoms with Crippen molar-refractivity contribution in [2.24, 2.45) is 23.7 Å². The van der Waals surface area contributed by atoms with Crippen LogP contribution in [0.2, 0.25) is 0 Å². The van der Waals surface area contributed by atoms with Gasteiger partial charge in [-0.2, -0.15) is 0 Å². The molecule has 0 radical (unpaired) electrons. The minimum Gasteiger partial charge on any atom is -0.481 e. The van der Waals surface area contributed by atoms with Gasteiger partial charge in [-0.3, -0.25) is 19.2 Å². The van der Waals surface area contributed by atoms with E-state index in [1.807, 2.05) is 0 Å². The third-order valence-electron chi connectivity index (χ3n) is 3.94. The summed E-state index contributed by atoms with van der Waals surface area (Å²) in [7, 11) is 0. The zero-order valence-corrected chi connectivity index (χ0v) is 12.8. The second kappa shape index (κ2) is 7.92. The van der Waals surface area contributed by atoms with Crippen molar-refractivity contribution in [3.63, 3.8) is 0 Å². The molecule has 0 aromatic rings. The number of rotatable bonds is 9. The number of hydrogen-bond acceptors (Lipinski definition) is 4. The second-order valence-corrected chi connectivity index (χ2v) is 5.45. The quantitative estimate of drug-likeness (QED) is 0.700. The van der Waals surface area contributed by atoms with Crippen LogP contribution < -0.4 is 0 Å². The predicted octanol–water partition coefficient (Wildman–Crippen LogP) is 2.12. The largest absolute Gasteiger partial charge is 0.481 e. The molecule has 0 aliphatic carbocycles. The van der Waals surface area contributed by atoms with Gasteiger partial charge in [0.2, 0.25) is 0 Å². The van der Waals surface area contributed by atoms with Crippen LogP contribution in [0.3, 0.4) is 0 Å². The number of carboxylic acid groups (broad SMARTS) is 1. The fourth-order valence-electron chi connectivity index (χ4n) is 2.53. The number of aliphatic carboxylic acids is 1. The molecule has 5 nitrogen and oxygen atoms in total. The van der Waals surface area contributed by atoms with Crippen molar-refractivity contribution in [1.82, 2.24) is 0 Å². The monoisotopic (exact) mass is 284 g/mol. The molecule has 5 heteroatoms. The molecule has 4 unspecified atom stereocenters. The molecule has 0 aromatic heterocycles. The topological polar surface area (TPSA) is 88.5 Å². The number of carboxylic acids is 1. The van der Waals surface area contributed by atoms with E-state index in [9.17, 15) is 24.3 Å². The van der Waals surface area contributed by atoms with Gasteiger partial charge in [0.05, 0.1) is 5.92 Å². The fourth-order valence-corrected chi connectivity index (χ4v) is 2.53. The van der Waals surface area contributed by atoms with Gasteiger partial charge < -0.3 is 5.11 Å². The van der Waals surface area contributed by atoms with Crippen LogP contribution in [0.25, 0.3) is 0 Å². The molecule has 0 aromatic carbocycles. The molecule has 0 amide bonds. The zero-order valence-electron chi connectivity index (χ0n) is 12.8. The van der Waals surface area contributed by atoms with Crippen molar-refractivity contribution in [1.29, 1.82) is 0 Å². The SMILES string of the molecule is CCC(C(C)=O)C(C(=O)O)C(CC(C)C(C)=O)C(C)=O. The van der Waals surface area contributed by atoms with Gasteiger partial charge in [0.1, 0.15) is 17.3 Å². The minimum atomic E-state index is -1.15. The van der Waals surface area contributed by atoms with Crippen molar-refractivity contribution >= 4 is 23.3 Å². The molecule has 0 saturated heterocycles. The molecule has 0 aliphatic rings. The highest BCUT2D eigenvalue weighted by atomic mass is 16.4. The minimum absolute atomic E-state index is 0.0868. The lowest BCUT2D eigenvalue weighted by Gasteiger charge is -2.28. The van der Waals surface area contributed by atoms with Crippen LogP contribution in [0.5, 0.6) is 0 Å². The normalized spacial score (nSPS) is 16.9. The van der Waals surface area contributed by atoms with E-state index in [-0.39, 0.29) is 23.8 Å². The van der Waals surface area contributed by atoms with Crippen molar-refractivity contribution in [3.05, 3.63) is 0 Å². The molecule has 114 valence electrons. The smallest absolute Gasteiger partial charge is 0.307 e. The van der Waals surface area contributed by atoms with Gasteiger partial charge in [0, 0.05) is 17.8 Å². The maximum atomic E-state index is 11.8. The summed E-state index contributed by atoms with van der Waals surface area (Å²) in [5.41, 5.74) is 0. The molecule has 0 heterocycles. The molecule has 20 heavy (non-hydrogen) atoms. The lowest BCUT2D eigenvalue weighted by atomic mass is 9.73. The first kappa shape index (κ1) is 18.5. The lowest BCUT2D eigenvalue weighted by Crippen LogP contribution is -2.38. The number of hydrogen-bond donors (Lipinski definition) is 1. The van der Waals surface area contributed by atoms with E-state index in [2.05, 4.69) is 0 Å². The third kappa shape index (κ3) is 4.87. The fraction of sp³-hybridized carbons (Fsp3) is 0.733. The van der Waals surface area contributed by atoms with Crippen molar-refractivity contribution in [2.75, 3.05) is 0 Å². The molecule has 0 fully saturated rings. The van der Waals surface area contributed by atoms with Crippen LogP contribution >= 0.6 is 0 Å². The Kier molecular flexibility index (Phi) is 7.32. The average molecular weight is 284 g/mol. The number of ketones is 3. The summed E-state index contributed by atoms with van der Waals surface area (Å²) in [5, 5.41) is 9.41. The van der Waals surface area contributed by atoms with E-state index in [0.29, 0.717) is 6.42 Å². The highest BCUT2D eigenvalue weighted by Crippen LogP contribution is 2.31. The van der Waals surface area contributed by atoms with E-state index in [0.717, 1.165) is 0 Å². The van der Waals surface area contributed by atoms with E-state index < -0.39 is 29.6 Å². The van der Waals surface area contributed by atoms with Crippen LogP contribution in [0, 0.1) is 23.7 Å². The van der Waals surface area contributed by atoms with Crippen molar-refractivity contribution in [3.8, 4) is 0 Å². The molecule has 0 rings (SSSR count). The Balaban J connectivity index is 5.46. The van der Waals surface area contributed by atoms with E-state index in [1.54, 1.807) is 13.8 Å². The Bertz CT molecular complexity index is 399. The van der Waals surface area contributed by atoms with Gasteiger partial charge in [0.15, 0.2) is 0 Å². The molecule has 0 saturated carbocycles. The molecule has 0 aliphatic heterocycles. The summed E-state index contributed by atoms with van der Waals surface area (Å²) in [6, 6.07) is 0. The Morgan fingerprint density at radius 3 is 1.60 bits per heavy atom. The zero-order chi connectivity index (χ0) is 16.0. The van der Waals surface area contributed by atoms with Crippen molar-refractivity contribution in [2.45, 2.75) is 47.5 Å². The molecule has 4 atom stereocenters. The van der Waals surface area contributed by atoms with E-state index in [1.165, 1.54) is 20.8 Å². The number of carbonyl (C=O) groups is 4. The van der Waals surface area contributed by atoms with Gasteiger partial charge in [0.25, 0.3) is 0 Å². The molecule has 0 bridgehead atoms. The van der Waals surface area contributed by atoms with Gasteiger partial charge in [-0.25, -0.2) is 0 Å². The first-order valence-electron chi connectivity index (χ1n) is 6.87. The Morgan fingerprint density at radius 2 is 1.35 bits per heavy atom. The molecular formula is C15H24O5. The summed E-state index contributed by atoms with van der Waals surface area (Å²) in [4.78, 5) is 46.3. The summed E-state index contributed by atoms with van der Waals surface area (Å²) >= 11 is 0. The summed E-state index contributed by atoms with van der Waals surface area (Å²) in [6.45, 7) is 7.48. The highest BCUT2D eigenvalue weighted by Gasteiger charge is 2.40. The molecule has 0 spiro atoms. The number of Topliss-reactive ketones (excluding diaryl/α,β-unsaturated/α-hetero) is 3. The van der Waals surface area contributed by atoms with Gasteiger partial charge >= 0.3 is 5.97 Å². The van der Waals surface area contributed by atoms with Gasteiger partial charge in [-0.05, 0) is 33.6 Å². The lowest BCUT2D eigenvalue weighted by molar-refractivity contribution is -0.152. The Hall–Kier alpha value is -1.52.